The number of ketones is 1. The SMILES string of the molecule is O=C1CCC[C@@]2(C3CCCCC3)CC[C@@H]12. The van der Waals surface area contributed by atoms with E-state index in [-0.39, 0.29) is 0 Å². The molecule has 0 heterocycles. The lowest BCUT2D eigenvalue weighted by atomic mass is 9.46. The van der Waals surface area contributed by atoms with Gasteiger partial charge in [-0.05, 0) is 49.9 Å². The van der Waals surface area contributed by atoms with Crippen molar-refractivity contribution in [2.24, 2.45) is 17.3 Å². The molecule has 0 unspecified atom stereocenters. The molecule has 0 aromatic rings. The molecule has 0 aromatic heterocycles. The minimum Gasteiger partial charge on any atom is -0.299 e. The zero-order valence-corrected chi connectivity index (χ0v) is 9.63. The molecule has 0 aromatic carbocycles. The van der Waals surface area contributed by atoms with Crippen LogP contribution in [0.25, 0.3) is 0 Å². The monoisotopic (exact) mass is 206 g/mol. The molecule has 0 radical (unpaired) electrons. The maximum atomic E-state index is 11.9. The zero-order valence-electron chi connectivity index (χ0n) is 9.63. The van der Waals surface area contributed by atoms with Crippen molar-refractivity contribution >= 4 is 5.78 Å². The highest BCUT2D eigenvalue weighted by atomic mass is 16.1. The van der Waals surface area contributed by atoms with Crippen molar-refractivity contribution in [3.05, 3.63) is 0 Å². The van der Waals surface area contributed by atoms with E-state index in [2.05, 4.69) is 0 Å². The highest BCUT2D eigenvalue weighted by Gasteiger charge is 2.55. The van der Waals surface area contributed by atoms with E-state index in [9.17, 15) is 4.79 Å². The molecule has 3 rings (SSSR count). The quantitative estimate of drug-likeness (QED) is 0.639. The Kier molecular flexibility index (Phi) is 2.37. The Morgan fingerprint density at radius 3 is 2.40 bits per heavy atom. The first-order valence-electron chi connectivity index (χ1n) is 6.86. The van der Waals surface area contributed by atoms with Gasteiger partial charge in [0.05, 0.1) is 0 Å². The van der Waals surface area contributed by atoms with Crippen LogP contribution in [-0.2, 0) is 4.79 Å². The number of carbonyl (C=O) groups is 1. The van der Waals surface area contributed by atoms with E-state index >= 15 is 0 Å². The van der Waals surface area contributed by atoms with Crippen molar-refractivity contribution < 1.29 is 4.79 Å². The number of fused-ring (bicyclic) bond motifs is 1. The first kappa shape index (κ1) is 9.86. The van der Waals surface area contributed by atoms with Gasteiger partial charge in [-0.2, -0.15) is 0 Å². The fourth-order valence-electron chi connectivity index (χ4n) is 4.58. The Balaban J connectivity index is 1.79. The molecular weight excluding hydrogens is 184 g/mol. The third-order valence-electron chi connectivity index (χ3n) is 5.46. The molecule has 0 N–H and O–H groups in total. The van der Waals surface area contributed by atoms with Gasteiger partial charge in [-0.3, -0.25) is 4.79 Å². The zero-order chi connectivity index (χ0) is 10.3. The minimum atomic E-state index is 0.495. The summed E-state index contributed by atoms with van der Waals surface area (Å²) in [4.78, 5) is 11.9. The molecule has 84 valence electrons. The third kappa shape index (κ3) is 1.38. The van der Waals surface area contributed by atoms with Gasteiger partial charge in [0.25, 0.3) is 0 Å². The van der Waals surface area contributed by atoms with E-state index < -0.39 is 0 Å². The number of rotatable bonds is 1. The lowest BCUT2D eigenvalue weighted by Crippen LogP contribution is -2.52. The first-order chi connectivity index (χ1) is 7.33. The van der Waals surface area contributed by atoms with Crippen molar-refractivity contribution in [2.45, 2.75) is 64.2 Å². The van der Waals surface area contributed by atoms with Gasteiger partial charge in [-0.25, -0.2) is 0 Å². The average Bonchev–Trinajstić information content (AvgIpc) is 2.22. The highest BCUT2D eigenvalue weighted by molar-refractivity contribution is 5.83. The summed E-state index contributed by atoms with van der Waals surface area (Å²) >= 11 is 0. The molecule has 0 bridgehead atoms. The molecule has 1 nitrogen and oxygen atoms in total. The Morgan fingerprint density at radius 2 is 1.73 bits per heavy atom. The van der Waals surface area contributed by atoms with Crippen LogP contribution in [0.15, 0.2) is 0 Å². The lowest BCUT2D eigenvalue weighted by molar-refractivity contribution is -0.148. The molecule has 3 saturated carbocycles. The number of carbonyl (C=O) groups excluding carboxylic acids is 1. The van der Waals surface area contributed by atoms with Gasteiger partial charge in [0.15, 0.2) is 0 Å². The topological polar surface area (TPSA) is 17.1 Å². The second-order valence-corrected chi connectivity index (χ2v) is 5.98. The largest absolute Gasteiger partial charge is 0.299 e. The van der Waals surface area contributed by atoms with Gasteiger partial charge in [0, 0.05) is 12.3 Å². The summed E-state index contributed by atoms with van der Waals surface area (Å²) in [5, 5.41) is 0. The summed E-state index contributed by atoms with van der Waals surface area (Å²) in [6.07, 6.45) is 13.2. The summed E-state index contributed by atoms with van der Waals surface area (Å²) < 4.78 is 0. The van der Waals surface area contributed by atoms with Crippen molar-refractivity contribution in [2.75, 3.05) is 0 Å². The normalized spacial score (nSPS) is 42.1. The fraction of sp³-hybridized carbons (Fsp3) is 0.929. The van der Waals surface area contributed by atoms with Crippen molar-refractivity contribution in [3.8, 4) is 0 Å². The van der Waals surface area contributed by atoms with Crippen molar-refractivity contribution in [1.29, 1.82) is 0 Å². The molecule has 0 spiro atoms. The van der Waals surface area contributed by atoms with E-state index in [1.807, 2.05) is 0 Å². The minimum absolute atomic E-state index is 0.495. The standard InChI is InChI=1S/C14H22O/c15-13-7-4-9-14(10-8-12(13)14)11-5-2-1-3-6-11/h11-12H,1-10H2/t12-,14-/m0/s1. The van der Waals surface area contributed by atoms with Crippen LogP contribution in [0.2, 0.25) is 0 Å². The smallest absolute Gasteiger partial charge is 0.136 e. The Morgan fingerprint density at radius 1 is 0.933 bits per heavy atom. The molecular formula is C14H22O. The van der Waals surface area contributed by atoms with Crippen LogP contribution in [0.3, 0.4) is 0 Å². The Labute approximate surface area is 92.6 Å². The first-order valence-corrected chi connectivity index (χ1v) is 6.86. The molecule has 3 fully saturated rings. The summed E-state index contributed by atoms with van der Waals surface area (Å²) in [7, 11) is 0. The van der Waals surface area contributed by atoms with E-state index in [4.69, 9.17) is 0 Å². The average molecular weight is 206 g/mol. The molecule has 0 amide bonds. The molecule has 3 aliphatic carbocycles. The summed E-state index contributed by atoms with van der Waals surface area (Å²) in [6.45, 7) is 0. The van der Waals surface area contributed by atoms with Crippen molar-refractivity contribution in [3.63, 3.8) is 0 Å². The molecule has 0 aliphatic heterocycles. The summed E-state index contributed by atoms with van der Waals surface area (Å²) in [5.41, 5.74) is 0.510. The van der Waals surface area contributed by atoms with Crippen LogP contribution in [0.1, 0.15) is 64.2 Å². The molecule has 0 saturated heterocycles. The van der Waals surface area contributed by atoms with Crippen LogP contribution >= 0.6 is 0 Å². The number of Topliss-reactive ketones (excluding diaryl/α,β-unsaturated/α-hetero) is 1. The van der Waals surface area contributed by atoms with E-state index in [1.54, 1.807) is 0 Å². The molecule has 2 atom stereocenters. The second-order valence-electron chi connectivity index (χ2n) is 5.98. The van der Waals surface area contributed by atoms with Crippen molar-refractivity contribution in [1.82, 2.24) is 0 Å². The molecule has 3 aliphatic rings. The van der Waals surface area contributed by atoms with Crippen LogP contribution in [0.5, 0.6) is 0 Å². The summed E-state index contributed by atoms with van der Waals surface area (Å²) in [6, 6.07) is 0. The van der Waals surface area contributed by atoms with E-state index in [1.165, 1.54) is 57.8 Å². The Bertz CT molecular complexity index is 265. The highest BCUT2D eigenvalue weighted by Crippen LogP contribution is 2.61. The van der Waals surface area contributed by atoms with Gasteiger partial charge >= 0.3 is 0 Å². The van der Waals surface area contributed by atoms with Crippen LogP contribution in [0.4, 0.5) is 0 Å². The maximum Gasteiger partial charge on any atom is 0.136 e. The fourth-order valence-corrected chi connectivity index (χ4v) is 4.58. The summed E-state index contributed by atoms with van der Waals surface area (Å²) in [5.74, 6) is 2.02. The predicted octanol–water partition coefficient (Wildman–Crippen LogP) is 3.72. The second kappa shape index (κ2) is 3.61. The number of hydrogen-bond donors (Lipinski definition) is 0. The predicted molar refractivity (Wildman–Crippen MR) is 60.6 cm³/mol. The van der Waals surface area contributed by atoms with Gasteiger partial charge in [0.1, 0.15) is 5.78 Å². The maximum absolute atomic E-state index is 11.9. The van der Waals surface area contributed by atoms with Gasteiger partial charge in [-0.15, -0.1) is 0 Å². The van der Waals surface area contributed by atoms with Gasteiger partial charge < -0.3 is 0 Å². The Hall–Kier alpha value is -0.330. The molecule has 1 heteroatoms. The third-order valence-corrected chi connectivity index (χ3v) is 5.46. The van der Waals surface area contributed by atoms with Gasteiger partial charge in [0.2, 0.25) is 0 Å². The van der Waals surface area contributed by atoms with E-state index in [0.29, 0.717) is 17.1 Å². The number of hydrogen-bond acceptors (Lipinski definition) is 1. The lowest BCUT2D eigenvalue weighted by Gasteiger charge is -2.57. The molecule has 15 heavy (non-hydrogen) atoms. The van der Waals surface area contributed by atoms with Crippen LogP contribution < -0.4 is 0 Å². The van der Waals surface area contributed by atoms with Crippen LogP contribution in [0, 0.1) is 17.3 Å². The van der Waals surface area contributed by atoms with Gasteiger partial charge in [-0.1, -0.05) is 19.3 Å². The van der Waals surface area contributed by atoms with E-state index in [0.717, 1.165) is 12.3 Å². The van der Waals surface area contributed by atoms with Crippen LogP contribution in [-0.4, -0.2) is 5.78 Å².